The minimum atomic E-state index is -0.457. The van der Waals surface area contributed by atoms with Gasteiger partial charge in [-0.05, 0) is 119 Å². The van der Waals surface area contributed by atoms with Gasteiger partial charge in [0.05, 0.1) is 11.8 Å². The lowest BCUT2D eigenvalue weighted by atomic mass is 9.48. The smallest absolute Gasteiger partial charge is 0.224 e. The maximum absolute atomic E-state index is 10.4. The number of anilines is 2. The quantitative estimate of drug-likeness (QED) is 0.224. The van der Waals surface area contributed by atoms with Crippen LogP contribution >= 0.6 is 11.8 Å². The summed E-state index contributed by atoms with van der Waals surface area (Å²) < 4.78 is 0. The molecule has 2 aromatic rings. The molecule has 6 aliphatic rings. The first kappa shape index (κ1) is 30.3. The van der Waals surface area contributed by atoms with Crippen molar-refractivity contribution in [3.63, 3.8) is 0 Å². The van der Waals surface area contributed by atoms with Gasteiger partial charge in [0.2, 0.25) is 5.95 Å². The van der Waals surface area contributed by atoms with Crippen LogP contribution in [0.2, 0.25) is 0 Å². The Balaban J connectivity index is 0.963. The van der Waals surface area contributed by atoms with Crippen LogP contribution in [0.1, 0.15) is 102 Å². The van der Waals surface area contributed by atoms with Crippen molar-refractivity contribution in [1.82, 2.24) is 20.3 Å². The molecule has 2 heterocycles. The lowest BCUT2D eigenvalue weighted by Crippen LogP contribution is -2.60. The summed E-state index contributed by atoms with van der Waals surface area (Å²) >= 11 is 1.91. The largest absolute Gasteiger partial charge is 0.390 e. The predicted molar refractivity (Wildman–Crippen MR) is 175 cm³/mol. The highest BCUT2D eigenvalue weighted by Gasteiger charge is 2.55. The Bertz CT molecular complexity index is 1330. The molecule has 0 aromatic carbocycles. The van der Waals surface area contributed by atoms with E-state index in [9.17, 15) is 10.4 Å². The summed E-state index contributed by atoms with van der Waals surface area (Å²) in [6, 6.07) is 7.07. The predicted octanol–water partition coefficient (Wildman–Crippen LogP) is 6.53. The Morgan fingerprint density at radius 2 is 1.82 bits per heavy atom. The summed E-state index contributed by atoms with van der Waals surface area (Å²) in [5.41, 5.74) is 1.50. The first-order valence-corrected chi connectivity index (χ1v) is 18.1. The highest BCUT2D eigenvalue weighted by molar-refractivity contribution is 7.99. The number of hydrogen-bond acceptors (Lipinski definition) is 9. The van der Waals surface area contributed by atoms with Crippen molar-refractivity contribution in [3.8, 4) is 6.07 Å². The van der Waals surface area contributed by atoms with Gasteiger partial charge in [-0.15, -0.1) is 11.8 Å². The number of nitrogens with one attached hydrogen (secondary N) is 3. The van der Waals surface area contributed by atoms with Crippen LogP contribution in [-0.4, -0.2) is 50.0 Å². The number of nitriles is 1. The standard InChI is InChI=1S/C35H49N7OS/c1-34(43)10-8-23(9-11-34)19-38-30-26-13-24-14-27(30)17-35(15-24,16-26)22-41-31-28(18-36)21-40-33(42-31)39-20-25-5-4-12-37-32(25)44-29-6-2-3-7-29/h4-5,12,21,23-24,26-27,29-30,38,43H,2-3,6-11,13-17,19-20,22H2,1H3,(H2,39,40,41,42)/t23-,24?,26-,27+,30-,34+,35-. The number of rotatable bonds is 11. The lowest BCUT2D eigenvalue weighted by molar-refractivity contribution is -0.0711. The monoisotopic (exact) mass is 615 g/mol. The fourth-order valence-corrected chi connectivity index (χ4v) is 10.8. The number of hydrogen-bond donors (Lipinski definition) is 4. The molecule has 8 rings (SSSR count). The van der Waals surface area contributed by atoms with Crippen molar-refractivity contribution in [2.45, 2.75) is 119 Å². The molecule has 0 saturated heterocycles. The second-order valence-electron chi connectivity index (χ2n) is 15.1. The van der Waals surface area contributed by atoms with Gasteiger partial charge in [0.15, 0.2) is 0 Å². The first-order chi connectivity index (χ1) is 21.4. The van der Waals surface area contributed by atoms with Crippen LogP contribution in [0.3, 0.4) is 0 Å². The van der Waals surface area contributed by atoms with E-state index in [0.717, 1.165) is 61.6 Å². The molecule has 44 heavy (non-hydrogen) atoms. The molecule has 9 heteroatoms. The van der Waals surface area contributed by atoms with Crippen LogP contribution in [0.15, 0.2) is 29.6 Å². The average molecular weight is 616 g/mol. The number of pyridine rings is 1. The topological polar surface area (TPSA) is 119 Å². The number of thioether (sulfide) groups is 1. The summed E-state index contributed by atoms with van der Waals surface area (Å²) in [6.07, 6.45) is 19.4. The van der Waals surface area contributed by atoms with E-state index in [0.29, 0.717) is 41.1 Å². The summed E-state index contributed by atoms with van der Waals surface area (Å²) in [5, 5.41) is 33.1. The number of aromatic nitrogens is 3. The molecule has 4 N–H and O–H groups in total. The molecule has 1 unspecified atom stereocenters. The molecule has 0 spiro atoms. The summed E-state index contributed by atoms with van der Waals surface area (Å²) in [7, 11) is 0. The summed E-state index contributed by atoms with van der Waals surface area (Å²) in [6.45, 7) is 4.58. The van der Waals surface area contributed by atoms with Crippen molar-refractivity contribution >= 4 is 23.5 Å². The SMILES string of the molecule is C[C@]1(O)CC[C@@H](CN[C@@H]2[C@@H]3CC4C[C@H]2C[C@@](CNc2nc(NCc5cccnc5SC5CCCC5)ncc2C#N)(C4)C3)CC1. The maximum Gasteiger partial charge on any atom is 0.224 e. The molecular weight excluding hydrogens is 567 g/mol. The average Bonchev–Trinajstić information content (AvgIpc) is 3.53. The zero-order valence-electron chi connectivity index (χ0n) is 26.2. The van der Waals surface area contributed by atoms with Crippen LogP contribution in [0.4, 0.5) is 11.8 Å². The van der Waals surface area contributed by atoms with Gasteiger partial charge in [0.25, 0.3) is 0 Å². The van der Waals surface area contributed by atoms with Crippen molar-refractivity contribution in [2.24, 2.45) is 29.1 Å². The molecule has 0 amide bonds. The normalized spacial score (nSPS) is 34.6. The highest BCUT2D eigenvalue weighted by atomic mass is 32.2. The van der Waals surface area contributed by atoms with E-state index in [1.807, 2.05) is 30.9 Å². The van der Waals surface area contributed by atoms with E-state index in [-0.39, 0.29) is 5.41 Å². The molecule has 0 radical (unpaired) electrons. The third-order valence-corrected chi connectivity index (χ3v) is 13.0. The van der Waals surface area contributed by atoms with E-state index in [1.54, 1.807) is 6.20 Å². The molecule has 0 aliphatic heterocycles. The number of nitrogens with zero attached hydrogens (tertiary/aromatic N) is 4. The van der Waals surface area contributed by atoms with E-state index in [1.165, 1.54) is 63.4 Å². The van der Waals surface area contributed by atoms with Crippen molar-refractivity contribution < 1.29 is 5.11 Å². The molecule has 8 nitrogen and oxygen atoms in total. The Morgan fingerprint density at radius 1 is 1.05 bits per heavy atom. The van der Waals surface area contributed by atoms with E-state index < -0.39 is 5.60 Å². The van der Waals surface area contributed by atoms with E-state index in [4.69, 9.17) is 4.98 Å². The second-order valence-corrected chi connectivity index (χ2v) is 16.4. The molecule has 6 aliphatic carbocycles. The fourth-order valence-electron chi connectivity index (χ4n) is 9.51. The van der Waals surface area contributed by atoms with Crippen LogP contribution < -0.4 is 16.0 Å². The Morgan fingerprint density at radius 3 is 2.57 bits per heavy atom. The minimum absolute atomic E-state index is 0.283. The van der Waals surface area contributed by atoms with Gasteiger partial charge in [-0.1, -0.05) is 18.9 Å². The Hall–Kier alpha value is -2.41. The van der Waals surface area contributed by atoms with Gasteiger partial charge >= 0.3 is 0 Å². The minimum Gasteiger partial charge on any atom is -0.390 e. The molecule has 5 atom stereocenters. The van der Waals surface area contributed by atoms with Gasteiger partial charge < -0.3 is 21.1 Å². The van der Waals surface area contributed by atoms with Gasteiger partial charge in [-0.25, -0.2) is 9.97 Å². The van der Waals surface area contributed by atoms with Crippen LogP contribution in [0, 0.1) is 40.4 Å². The molecule has 2 aromatic heterocycles. The molecule has 6 saturated carbocycles. The molecule has 4 bridgehead atoms. The maximum atomic E-state index is 10.4. The molecular formula is C35H49N7OS. The zero-order chi connectivity index (χ0) is 30.1. The number of aliphatic hydroxyl groups is 1. The lowest BCUT2D eigenvalue weighted by Gasteiger charge is -2.60. The van der Waals surface area contributed by atoms with Crippen molar-refractivity contribution in [2.75, 3.05) is 23.7 Å². The Kier molecular flexibility index (Phi) is 8.78. The van der Waals surface area contributed by atoms with E-state index in [2.05, 4.69) is 38.1 Å². The van der Waals surface area contributed by atoms with Crippen LogP contribution in [-0.2, 0) is 6.54 Å². The molecule has 6 fully saturated rings. The van der Waals surface area contributed by atoms with E-state index >= 15 is 0 Å². The van der Waals surface area contributed by atoms with Crippen LogP contribution in [0.5, 0.6) is 0 Å². The first-order valence-electron chi connectivity index (χ1n) is 17.2. The zero-order valence-corrected chi connectivity index (χ0v) is 27.0. The van der Waals surface area contributed by atoms with Crippen LogP contribution in [0.25, 0.3) is 0 Å². The summed E-state index contributed by atoms with van der Waals surface area (Å²) in [5.74, 6) is 4.20. The van der Waals surface area contributed by atoms with Gasteiger partial charge in [0, 0.05) is 36.1 Å². The third-order valence-electron chi connectivity index (χ3n) is 11.6. The van der Waals surface area contributed by atoms with Crippen molar-refractivity contribution in [3.05, 3.63) is 35.7 Å². The fraction of sp³-hybridized carbons (Fsp3) is 0.714. The third kappa shape index (κ3) is 6.73. The van der Waals surface area contributed by atoms with Gasteiger partial charge in [0.1, 0.15) is 22.5 Å². The molecule has 236 valence electrons. The second kappa shape index (κ2) is 12.8. The van der Waals surface area contributed by atoms with Crippen molar-refractivity contribution in [1.29, 1.82) is 5.26 Å². The highest BCUT2D eigenvalue weighted by Crippen LogP contribution is 2.60. The summed E-state index contributed by atoms with van der Waals surface area (Å²) in [4.78, 5) is 14.0. The van der Waals surface area contributed by atoms with Gasteiger partial charge in [-0.3, -0.25) is 0 Å². The van der Waals surface area contributed by atoms with Gasteiger partial charge in [-0.2, -0.15) is 10.2 Å². The Labute approximate surface area is 267 Å².